The molecule has 0 spiro atoms. The molecule has 0 saturated heterocycles. The predicted molar refractivity (Wildman–Crippen MR) is 89.5 cm³/mol. The number of hydrogen-bond acceptors (Lipinski definition) is 3. The van der Waals surface area contributed by atoms with Crippen molar-refractivity contribution in [1.82, 2.24) is 4.98 Å². The van der Waals surface area contributed by atoms with E-state index in [0.717, 1.165) is 37.2 Å². The molecule has 1 unspecified atom stereocenters. The van der Waals surface area contributed by atoms with Gasteiger partial charge in [-0.2, -0.15) is 0 Å². The van der Waals surface area contributed by atoms with Crippen molar-refractivity contribution < 1.29 is 0 Å². The van der Waals surface area contributed by atoms with Gasteiger partial charge >= 0.3 is 0 Å². The first kappa shape index (κ1) is 15.2. The number of fused-ring (bicyclic) bond motifs is 1. The molecule has 4 heteroatoms. The van der Waals surface area contributed by atoms with E-state index in [4.69, 9.17) is 22.9 Å². The third-order valence-corrected chi connectivity index (χ3v) is 4.41. The van der Waals surface area contributed by atoms with Crippen molar-refractivity contribution >= 4 is 23.0 Å². The summed E-state index contributed by atoms with van der Waals surface area (Å²) in [5, 5.41) is 0. The van der Waals surface area contributed by atoms with Crippen LogP contribution in [-0.4, -0.2) is 23.6 Å². The van der Waals surface area contributed by atoms with E-state index in [9.17, 15) is 0 Å². The first-order valence-electron chi connectivity index (χ1n) is 7.56. The number of anilines is 1. The molecule has 0 amide bonds. The summed E-state index contributed by atoms with van der Waals surface area (Å²) < 4.78 is 0. The molecule has 0 saturated carbocycles. The topological polar surface area (TPSA) is 42.2 Å². The van der Waals surface area contributed by atoms with E-state index < -0.39 is 0 Å². The number of pyridine rings is 1. The third-order valence-electron chi connectivity index (χ3n) is 4.19. The minimum atomic E-state index is 0.455. The van der Waals surface area contributed by atoms with E-state index in [1.807, 2.05) is 0 Å². The Morgan fingerprint density at radius 3 is 2.80 bits per heavy atom. The number of hydrogen-bond donors (Lipinski definition) is 1. The number of aryl methyl sites for hydroxylation is 2. The predicted octanol–water partition coefficient (Wildman–Crippen LogP) is 3.08. The van der Waals surface area contributed by atoms with Gasteiger partial charge in [0.25, 0.3) is 0 Å². The van der Waals surface area contributed by atoms with E-state index in [2.05, 4.69) is 31.9 Å². The van der Waals surface area contributed by atoms with Crippen molar-refractivity contribution in [3.05, 3.63) is 22.9 Å². The molecule has 20 heavy (non-hydrogen) atoms. The van der Waals surface area contributed by atoms with Crippen LogP contribution in [-0.2, 0) is 12.8 Å². The van der Waals surface area contributed by atoms with E-state index in [-0.39, 0.29) is 0 Å². The van der Waals surface area contributed by atoms with Gasteiger partial charge in [0.15, 0.2) is 0 Å². The second-order valence-electron chi connectivity index (χ2n) is 5.93. The van der Waals surface area contributed by atoms with Crippen LogP contribution in [0.2, 0.25) is 0 Å². The van der Waals surface area contributed by atoms with Crippen molar-refractivity contribution in [3.63, 3.8) is 0 Å². The van der Waals surface area contributed by atoms with Gasteiger partial charge in [0.1, 0.15) is 10.8 Å². The summed E-state index contributed by atoms with van der Waals surface area (Å²) in [5.41, 5.74) is 9.42. The molecule has 1 aromatic heterocycles. The van der Waals surface area contributed by atoms with Crippen LogP contribution in [0.25, 0.3) is 0 Å². The van der Waals surface area contributed by atoms with Gasteiger partial charge in [0.05, 0.1) is 5.56 Å². The lowest BCUT2D eigenvalue weighted by atomic mass is 9.94. The Hall–Kier alpha value is -1.16. The number of nitrogens with zero attached hydrogens (tertiary/aromatic N) is 2. The van der Waals surface area contributed by atoms with Crippen LogP contribution in [0, 0.1) is 5.92 Å². The molecule has 0 fully saturated rings. The second kappa shape index (κ2) is 6.53. The van der Waals surface area contributed by atoms with Gasteiger partial charge < -0.3 is 10.6 Å². The lowest BCUT2D eigenvalue weighted by Gasteiger charge is -2.26. The standard InChI is InChI=1S/C16H25N3S/c1-4-11(2)10-19(3)16-13(15(17)20)9-12-7-5-6-8-14(12)18-16/h9,11H,4-8,10H2,1-3H3,(H2,17,20). The van der Waals surface area contributed by atoms with Gasteiger partial charge in [-0.15, -0.1) is 0 Å². The highest BCUT2D eigenvalue weighted by atomic mass is 32.1. The maximum atomic E-state index is 5.91. The normalized spacial score (nSPS) is 15.6. The number of thiocarbonyl (C=S) groups is 1. The summed E-state index contributed by atoms with van der Waals surface area (Å²) in [4.78, 5) is 7.54. The number of nitrogens with two attached hydrogens (primary N) is 1. The lowest BCUT2D eigenvalue weighted by Crippen LogP contribution is -2.28. The average Bonchev–Trinajstić information content (AvgIpc) is 2.45. The summed E-state index contributed by atoms with van der Waals surface area (Å²) in [5.74, 6) is 1.59. The van der Waals surface area contributed by atoms with E-state index in [1.54, 1.807) is 0 Å². The molecule has 2 N–H and O–H groups in total. The zero-order chi connectivity index (χ0) is 14.7. The third kappa shape index (κ3) is 3.29. The van der Waals surface area contributed by atoms with Crippen LogP contribution in [0.1, 0.15) is 49.9 Å². The first-order chi connectivity index (χ1) is 9.52. The van der Waals surface area contributed by atoms with Gasteiger partial charge in [-0.25, -0.2) is 4.98 Å². The number of aromatic nitrogens is 1. The van der Waals surface area contributed by atoms with Gasteiger partial charge in [-0.3, -0.25) is 0 Å². The molecular formula is C16H25N3S. The van der Waals surface area contributed by atoms with Crippen molar-refractivity contribution in [2.24, 2.45) is 11.7 Å². The highest BCUT2D eigenvalue weighted by molar-refractivity contribution is 7.80. The highest BCUT2D eigenvalue weighted by Crippen LogP contribution is 2.27. The summed E-state index contributed by atoms with van der Waals surface area (Å²) in [7, 11) is 2.09. The largest absolute Gasteiger partial charge is 0.389 e. The molecule has 0 aromatic carbocycles. The van der Waals surface area contributed by atoms with Gasteiger partial charge in [0.2, 0.25) is 0 Å². The molecule has 0 bridgehead atoms. The Kier molecular flexibility index (Phi) is 4.97. The van der Waals surface area contributed by atoms with Crippen molar-refractivity contribution in [3.8, 4) is 0 Å². The van der Waals surface area contributed by atoms with Crippen LogP contribution in [0.4, 0.5) is 5.82 Å². The minimum absolute atomic E-state index is 0.455. The zero-order valence-corrected chi connectivity index (χ0v) is 13.6. The van der Waals surface area contributed by atoms with Crippen LogP contribution < -0.4 is 10.6 Å². The van der Waals surface area contributed by atoms with Gasteiger partial charge in [-0.1, -0.05) is 32.5 Å². The summed E-state index contributed by atoms with van der Waals surface area (Å²) in [6.07, 6.45) is 5.83. The molecule has 1 aromatic rings. The second-order valence-corrected chi connectivity index (χ2v) is 6.37. The minimum Gasteiger partial charge on any atom is -0.389 e. The van der Waals surface area contributed by atoms with Crippen LogP contribution in [0.15, 0.2) is 6.07 Å². The van der Waals surface area contributed by atoms with Gasteiger partial charge in [0, 0.05) is 19.3 Å². The fourth-order valence-corrected chi connectivity index (χ4v) is 2.93. The molecular weight excluding hydrogens is 266 g/mol. The SMILES string of the molecule is CCC(C)CN(C)c1nc2c(cc1C(N)=S)CCCC2. The summed E-state index contributed by atoms with van der Waals surface area (Å²) in [6.45, 7) is 5.46. The Balaban J connectivity index is 2.36. The molecule has 0 aliphatic heterocycles. The zero-order valence-electron chi connectivity index (χ0n) is 12.8. The maximum Gasteiger partial charge on any atom is 0.138 e. The van der Waals surface area contributed by atoms with Crippen molar-refractivity contribution in [2.75, 3.05) is 18.5 Å². The highest BCUT2D eigenvalue weighted by Gasteiger charge is 2.19. The fourth-order valence-electron chi connectivity index (χ4n) is 2.78. The Morgan fingerprint density at radius 1 is 1.45 bits per heavy atom. The number of rotatable bonds is 5. The smallest absolute Gasteiger partial charge is 0.138 e. The Bertz CT molecular complexity index is 499. The molecule has 1 heterocycles. The lowest BCUT2D eigenvalue weighted by molar-refractivity contribution is 0.556. The average molecular weight is 291 g/mol. The van der Waals surface area contributed by atoms with E-state index in [0.29, 0.717) is 10.9 Å². The van der Waals surface area contributed by atoms with Crippen LogP contribution >= 0.6 is 12.2 Å². The quantitative estimate of drug-likeness (QED) is 0.847. The molecule has 3 nitrogen and oxygen atoms in total. The summed E-state index contributed by atoms with van der Waals surface area (Å²) >= 11 is 5.23. The Morgan fingerprint density at radius 2 is 2.15 bits per heavy atom. The molecule has 1 aliphatic carbocycles. The Labute approximate surface area is 127 Å². The molecule has 110 valence electrons. The first-order valence-corrected chi connectivity index (χ1v) is 7.97. The molecule has 1 atom stereocenters. The van der Waals surface area contributed by atoms with E-state index in [1.165, 1.54) is 24.1 Å². The van der Waals surface area contributed by atoms with Crippen LogP contribution in [0.3, 0.4) is 0 Å². The molecule has 0 radical (unpaired) electrons. The van der Waals surface area contributed by atoms with E-state index >= 15 is 0 Å². The summed E-state index contributed by atoms with van der Waals surface area (Å²) in [6, 6.07) is 2.17. The molecule has 2 rings (SSSR count). The fraction of sp³-hybridized carbons (Fsp3) is 0.625. The molecule has 1 aliphatic rings. The van der Waals surface area contributed by atoms with Gasteiger partial charge in [-0.05, 0) is 43.2 Å². The maximum absolute atomic E-state index is 5.91. The van der Waals surface area contributed by atoms with Crippen molar-refractivity contribution in [2.45, 2.75) is 46.0 Å². The monoisotopic (exact) mass is 291 g/mol. The van der Waals surface area contributed by atoms with Crippen LogP contribution in [0.5, 0.6) is 0 Å². The van der Waals surface area contributed by atoms with Crippen molar-refractivity contribution in [1.29, 1.82) is 0 Å².